The Kier molecular flexibility index (Phi) is 6.16. The fourth-order valence-corrected chi connectivity index (χ4v) is 2.90. The smallest absolute Gasteiger partial charge is 0.309 e. The normalized spacial score (nSPS) is 11.4. The zero-order valence-corrected chi connectivity index (χ0v) is 16.6. The number of aromatic nitrogens is 2. The van der Waals surface area contributed by atoms with Crippen molar-refractivity contribution in [2.45, 2.75) is 33.4 Å². The first-order valence-electron chi connectivity index (χ1n) is 9.49. The first kappa shape index (κ1) is 20.4. The van der Waals surface area contributed by atoms with Crippen LogP contribution < -0.4 is 10.1 Å². The number of imidazole rings is 1. The van der Waals surface area contributed by atoms with Gasteiger partial charge in [-0.25, -0.2) is 4.98 Å². The Labute approximate surface area is 169 Å². The summed E-state index contributed by atoms with van der Waals surface area (Å²) in [6, 6.07) is 17.0. The zero-order chi connectivity index (χ0) is 20.9. The number of carbonyl (C=O) groups excluding carboxylic acids is 1. The zero-order valence-electron chi connectivity index (χ0n) is 16.6. The van der Waals surface area contributed by atoms with E-state index in [0.717, 1.165) is 16.8 Å². The van der Waals surface area contributed by atoms with Gasteiger partial charge in [0.05, 0.1) is 16.4 Å². The van der Waals surface area contributed by atoms with Crippen LogP contribution in [0.15, 0.2) is 54.6 Å². The van der Waals surface area contributed by atoms with Crippen molar-refractivity contribution in [1.29, 1.82) is 0 Å². The Morgan fingerprint density at radius 2 is 1.79 bits per heavy atom. The Morgan fingerprint density at radius 1 is 1.10 bits per heavy atom. The third-order valence-corrected chi connectivity index (χ3v) is 4.80. The van der Waals surface area contributed by atoms with E-state index in [1.54, 1.807) is 13.8 Å². The molecule has 1 amide bonds. The van der Waals surface area contributed by atoms with Gasteiger partial charge in [-0.1, -0.05) is 30.3 Å². The van der Waals surface area contributed by atoms with Gasteiger partial charge in [-0.3, -0.25) is 9.59 Å². The number of para-hydroxylation sites is 3. The standard InChI is InChI=1S/C22H25N3O4/c1-22(2,21(27)28)12-13-23-20(26)14-25-18-11-7-6-10-17(18)24-19(25)15-29-16-8-4-3-5-9-16/h3-11H,12-15H2,1-2H3,(H,23,26)(H,27,28). The number of nitrogens with zero attached hydrogens (tertiary/aromatic N) is 2. The summed E-state index contributed by atoms with van der Waals surface area (Å²) in [5, 5.41) is 12.0. The molecule has 7 nitrogen and oxygen atoms in total. The van der Waals surface area contributed by atoms with Crippen molar-refractivity contribution in [2.75, 3.05) is 6.54 Å². The third-order valence-electron chi connectivity index (χ3n) is 4.80. The first-order valence-corrected chi connectivity index (χ1v) is 9.49. The average molecular weight is 395 g/mol. The molecule has 7 heteroatoms. The second kappa shape index (κ2) is 8.77. The molecule has 0 aliphatic carbocycles. The number of fused-ring (bicyclic) bond motifs is 1. The monoisotopic (exact) mass is 395 g/mol. The highest BCUT2D eigenvalue weighted by Gasteiger charge is 2.26. The van der Waals surface area contributed by atoms with Crippen LogP contribution in [0.4, 0.5) is 0 Å². The quantitative estimate of drug-likeness (QED) is 0.580. The summed E-state index contributed by atoms with van der Waals surface area (Å²) in [6.45, 7) is 3.90. The lowest BCUT2D eigenvalue weighted by molar-refractivity contribution is -0.147. The number of aliphatic carboxylic acids is 1. The molecule has 0 aliphatic heterocycles. The third kappa shape index (κ3) is 5.13. The molecule has 0 radical (unpaired) electrons. The highest BCUT2D eigenvalue weighted by Crippen LogP contribution is 2.20. The Hall–Kier alpha value is -3.35. The van der Waals surface area contributed by atoms with Crippen LogP contribution in [0, 0.1) is 5.41 Å². The second-order valence-electron chi connectivity index (χ2n) is 7.49. The Morgan fingerprint density at radius 3 is 2.52 bits per heavy atom. The van der Waals surface area contributed by atoms with Gasteiger partial charge in [-0.05, 0) is 44.5 Å². The molecule has 29 heavy (non-hydrogen) atoms. The molecule has 0 unspecified atom stereocenters. The molecule has 0 fully saturated rings. The van der Waals surface area contributed by atoms with E-state index in [0.29, 0.717) is 18.8 Å². The average Bonchev–Trinajstić information content (AvgIpc) is 3.04. The summed E-state index contributed by atoms with van der Waals surface area (Å²) < 4.78 is 7.65. The van der Waals surface area contributed by atoms with E-state index < -0.39 is 11.4 Å². The minimum atomic E-state index is -0.885. The molecule has 0 bridgehead atoms. The summed E-state index contributed by atoms with van der Waals surface area (Å²) >= 11 is 0. The van der Waals surface area contributed by atoms with Crippen LogP contribution in [0.2, 0.25) is 0 Å². The van der Waals surface area contributed by atoms with Gasteiger partial charge in [0.15, 0.2) is 0 Å². The van der Waals surface area contributed by atoms with E-state index in [4.69, 9.17) is 4.74 Å². The van der Waals surface area contributed by atoms with Gasteiger partial charge in [0, 0.05) is 6.54 Å². The number of carboxylic acids is 1. The van der Waals surface area contributed by atoms with Crippen LogP contribution >= 0.6 is 0 Å². The Balaban J connectivity index is 1.70. The maximum absolute atomic E-state index is 12.5. The predicted octanol–water partition coefficient (Wildman–Crippen LogP) is 3.23. The lowest BCUT2D eigenvalue weighted by atomic mass is 9.90. The van der Waals surface area contributed by atoms with Crippen LogP contribution in [0.3, 0.4) is 0 Å². The number of ether oxygens (including phenoxy) is 1. The summed E-state index contributed by atoms with van der Waals surface area (Å²) in [7, 11) is 0. The highest BCUT2D eigenvalue weighted by molar-refractivity contribution is 5.81. The molecular weight excluding hydrogens is 370 g/mol. The van der Waals surface area contributed by atoms with Crippen molar-refractivity contribution in [3.05, 3.63) is 60.4 Å². The number of rotatable bonds is 9. The molecule has 2 aromatic carbocycles. The minimum absolute atomic E-state index is 0.0848. The topological polar surface area (TPSA) is 93.5 Å². The van der Waals surface area contributed by atoms with Crippen molar-refractivity contribution < 1.29 is 19.4 Å². The van der Waals surface area contributed by atoms with Gasteiger partial charge in [-0.15, -0.1) is 0 Å². The van der Waals surface area contributed by atoms with Gasteiger partial charge < -0.3 is 19.7 Å². The van der Waals surface area contributed by atoms with E-state index in [9.17, 15) is 14.7 Å². The molecule has 0 atom stereocenters. The van der Waals surface area contributed by atoms with Gasteiger partial charge in [0.25, 0.3) is 0 Å². The van der Waals surface area contributed by atoms with Crippen LogP contribution in [-0.2, 0) is 22.7 Å². The summed E-state index contributed by atoms with van der Waals surface area (Å²) in [6.07, 6.45) is 0.350. The molecule has 1 aromatic heterocycles. The molecule has 2 N–H and O–H groups in total. The van der Waals surface area contributed by atoms with Gasteiger partial charge in [0.2, 0.25) is 5.91 Å². The number of carbonyl (C=O) groups is 2. The van der Waals surface area contributed by atoms with Crippen LogP contribution in [-0.4, -0.2) is 33.1 Å². The number of nitrogens with one attached hydrogen (secondary N) is 1. The predicted molar refractivity (Wildman–Crippen MR) is 110 cm³/mol. The summed E-state index contributed by atoms with van der Waals surface area (Å²) in [5.74, 6) is 0.297. The molecule has 0 saturated carbocycles. The molecular formula is C22H25N3O4. The highest BCUT2D eigenvalue weighted by atomic mass is 16.5. The SMILES string of the molecule is CC(C)(CCNC(=O)Cn1c(COc2ccccc2)nc2ccccc21)C(=O)O. The second-order valence-corrected chi connectivity index (χ2v) is 7.49. The molecule has 152 valence electrons. The number of hydrogen-bond donors (Lipinski definition) is 2. The summed E-state index contributed by atoms with van der Waals surface area (Å²) in [4.78, 5) is 28.3. The maximum Gasteiger partial charge on any atom is 0.309 e. The lowest BCUT2D eigenvalue weighted by Gasteiger charge is -2.19. The fourth-order valence-electron chi connectivity index (χ4n) is 2.90. The van der Waals surface area contributed by atoms with Crippen molar-refractivity contribution in [2.24, 2.45) is 5.41 Å². The largest absolute Gasteiger partial charge is 0.486 e. The van der Waals surface area contributed by atoms with Crippen molar-refractivity contribution in [1.82, 2.24) is 14.9 Å². The number of benzene rings is 2. The number of amides is 1. The molecule has 3 rings (SSSR count). The van der Waals surface area contributed by atoms with E-state index in [-0.39, 0.29) is 19.1 Å². The van der Waals surface area contributed by atoms with Gasteiger partial charge in [-0.2, -0.15) is 0 Å². The van der Waals surface area contributed by atoms with E-state index >= 15 is 0 Å². The first-order chi connectivity index (χ1) is 13.9. The van der Waals surface area contributed by atoms with Crippen molar-refractivity contribution in [3.63, 3.8) is 0 Å². The number of carboxylic acid groups (broad SMARTS) is 1. The molecule has 0 aliphatic rings. The van der Waals surface area contributed by atoms with E-state index in [1.165, 1.54) is 0 Å². The molecule has 3 aromatic rings. The Bertz CT molecular complexity index is 996. The van der Waals surface area contributed by atoms with Crippen LogP contribution in [0.25, 0.3) is 11.0 Å². The lowest BCUT2D eigenvalue weighted by Crippen LogP contribution is -2.34. The van der Waals surface area contributed by atoms with Crippen LogP contribution in [0.1, 0.15) is 26.1 Å². The molecule has 0 spiro atoms. The molecule has 0 saturated heterocycles. The van der Waals surface area contributed by atoms with Crippen molar-refractivity contribution >= 4 is 22.9 Å². The van der Waals surface area contributed by atoms with Crippen LogP contribution in [0.5, 0.6) is 5.75 Å². The molecule has 1 heterocycles. The maximum atomic E-state index is 12.5. The van der Waals surface area contributed by atoms with Crippen molar-refractivity contribution in [3.8, 4) is 5.75 Å². The number of hydrogen-bond acceptors (Lipinski definition) is 4. The summed E-state index contributed by atoms with van der Waals surface area (Å²) in [5.41, 5.74) is 0.753. The van der Waals surface area contributed by atoms with E-state index in [1.807, 2.05) is 59.2 Å². The minimum Gasteiger partial charge on any atom is -0.486 e. The van der Waals surface area contributed by atoms with Gasteiger partial charge >= 0.3 is 5.97 Å². The van der Waals surface area contributed by atoms with Gasteiger partial charge in [0.1, 0.15) is 24.7 Å². The van der Waals surface area contributed by atoms with E-state index in [2.05, 4.69) is 10.3 Å². The fraction of sp³-hybridized carbons (Fsp3) is 0.318.